The predicted octanol–water partition coefficient (Wildman–Crippen LogP) is 5.95. The van der Waals surface area contributed by atoms with Gasteiger partial charge in [-0.2, -0.15) is 0 Å². The topological polar surface area (TPSA) is 30.7 Å². The van der Waals surface area contributed by atoms with E-state index in [2.05, 4.69) is 40.7 Å². The molecule has 0 unspecified atom stereocenters. The number of rotatable bonds is 7. The molecular weight excluding hydrogens is 361 g/mol. The van der Waals surface area contributed by atoms with Gasteiger partial charge in [0.05, 0.1) is 11.4 Å². The Hall–Kier alpha value is -3.27. The third-order valence-corrected chi connectivity index (χ3v) is 5.12. The van der Waals surface area contributed by atoms with Crippen LogP contribution in [0.1, 0.15) is 24.7 Å². The molecule has 29 heavy (non-hydrogen) atoms. The van der Waals surface area contributed by atoms with Crippen molar-refractivity contribution in [2.24, 2.45) is 0 Å². The van der Waals surface area contributed by atoms with Crippen LogP contribution in [-0.2, 0) is 19.4 Å². The molecule has 2 heterocycles. The van der Waals surface area contributed by atoms with E-state index < -0.39 is 0 Å². The van der Waals surface area contributed by atoms with E-state index in [-0.39, 0.29) is 5.82 Å². The first-order valence-electron chi connectivity index (χ1n) is 10.1. The summed E-state index contributed by atoms with van der Waals surface area (Å²) in [6, 6.07) is 21.2. The van der Waals surface area contributed by atoms with Crippen LogP contribution in [0.4, 0.5) is 4.39 Å². The van der Waals surface area contributed by atoms with Crippen molar-refractivity contribution in [3.05, 3.63) is 96.3 Å². The highest BCUT2D eigenvalue weighted by molar-refractivity contribution is 5.79. The van der Waals surface area contributed by atoms with Crippen LogP contribution in [0, 0.1) is 5.82 Å². The Morgan fingerprint density at radius 3 is 2.28 bits per heavy atom. The zero-order chi connectivity index (χ0) is 20.1. The first-order valence-corrected chi connectivity index (χ1v) is 10.1. The summed E-state index contributed by atoms with van der Waals surface area (Å²) in [7, 11) is 0. The van der Waals surface area contributed by atoms with Crippen molar-refractivity contribution >= 4 is 0 Å². The quantitative estimate of drug-likeness (QED) is 0.394. The molecule has 0 radical (unpaired) electrons. The van der Waals surface area contributed by atoms with Crippen LogP contribution in [0.15, 0.2) is 79.1 Å². The Morgan fingerprint density at radius 2 is 1.59 bits per heavy atom. The lowest BCUT2D eigenvalue weighted by molar-refractivity contribution is 0.619. The minimum atomic E-state index is -0.239. The van der Waals surface area contributed by atoms with Crippen LogP contribution in [0.25, 0.3) is 22.5 Å². The molecule has 2 aromatic carbocycles. The summed E-state index contributed by atoms with van der Waals surface area (Å²) in [6.45, 7) is 3.00. The van der Waals surface area contributed by atoms with Crippen molar-refractivity contribution in [1.29, 1.82) is 0 Å². The summed E-state index contributed by atoms with van der Waals surface area (Å²) < 4.78 is 15.8. The molecule has 0 aliphatic heterocycles. The number of hydrogen-bond donors (Lipinski definition) is 0. The normalized spacial score (nSPS) is 11.0. The Balaban J connectivity index is 1.73. The number of hydrogen-bond acceptors (Lipinski definition) is 2. The second-order valence-corrected chi connectivity index (χ2v) is 7.06. The number of imidazole rings is 1. The van der Waals surface area contributed by atoms with Crippen molar-refractivity contribution in [2.45, 2.75) is 32.7 Å². The maximum Gasteiger partial charge on any atom is 0.123 e. The molecule has 0 saturated heterocycles. The molecule has 3 nitrogen and oxygen atoms in total. The average molecular weight is 385 g/mol. The monoisotopic (exact) mass is 385 g/mol. The minimum absolute atomic E-state index is 0.239. The van der Waals surface area contributed by atoms with Crippen molar-refractivity contribution in [2.75, 3.05) is 0 Å². The highest BCUT2D eigenvalue weighted by Gasteiger charge is 2.19. The first kappa shape index (κ1) is 19.1. The lowest BCUT2D eigenvalue weighted by Gasteiger charge is -2.13. The number of benzene rings is 2. The Labute approximate surface area is 170 Å². The minimum Gasteiger partial charge on any atom is -0.327 e. The highest BCUT2D eigenvalue weighted by Crippen LogP contribution is 2.33. The zero-order valence-corrected chi connectivity index (χ0v) is 16.6. The van der Waals surface area contributed by atoms with Crippen LogP contribution in [0.2, 0.25) is 0 Å². The molecule has 0 amide bonds. The van der Waals surface area contributed by atoms with E-state index in [9.17, 15) is 4.39 Å². The van der Waals surface area contributed by atoms with E-state index in [0.29, 0.717) is 0 Å². The first-order chi connectivity index (χ1) is 14.3. The van der Waals surface area contributed by atoms with Crippen molar-refractivity contribution in [3.63, 3.8) is 0 Å². The smallest absolute Gasteiger partial charge is 0.123 e. The van der Waals surface area contributed by atoms with Crippen LogP contribution in [-0.4, -0.2) is 14.5 Å². The fraction of sp³-hybridized carbons (Fsp3) is 0.200. The maximum atomic E-state index is 13.5. The molecule has 2 aromatic heterocycles. The zero-order valence-electron chi connectivity index (χ0n) is 16.6. The van der Waals surface area contributed by atoms with Crippen LogP contribution >= 0.6 is 0 Å². The van der Waals surface area contributed by atoms with Gasteiger partial charge in [-0.25, -0.2) is 9.37 Å². The number of aryl methyl sites for hydroxylation is 2. The van der Waals surface area contributed by atoms with Crippen LogP contribution < -0.4 is 0 Å². The third kappa shape index (κ3) is 4.27. The van der Waals surface area contributed by atoms with Crippen molar-refractivity contribution in [1.82, 2.24) is 14.5 Å². The van der Waals surface area contributed by atoms with Gasteiger partial charge in [0.2, 0.25) is 0 Å². The van der Waals surface area contributed by atoms with E-state index in [1.54, 1.807) is 24.5 Å². The van der Waals surface area contributed by atoms with Crippen molar-refractivity contribution < 1.29 is 4.39 Å². The maximum absolute atomic E-state index is 13.5. The summed E-state index contributed by atoms with van der Waals surface area (Å²) in [5.41, 5.74) is 5.31. The standard InChI is InChI=1S/C25H24FN3/c1-2-23-28-24(20-10-12-22(26)13-11-20)25(21-14-16-27-17-15-21)29(23)18-6-9-19-7-4-3-5-8-19/h3-5,7-8,10-17H,2,6,9,18H2,1H3. The number of nitrogens with zero attached hydrogens (tertiary/aromatic N) is 3. The molecular formula is C25H24FN3. The predicted molar refractivity (Wildman–Crippen MR) is 115 cm³/mol. The summed E-state index contributed by atoms with van der Waals surface area (Å²) in [5, 5.41) is 0. The molecule has 0 N–H and O–H groups in total. The van der Waals surface area contributed by atoms with Gasteiger partial charge in [0, 0.05) is 36.5 Å². The summed E-state index contributed by atoms with van der Waals surface area (Å²) >= 11 is 0. The van der Waals surface area contributed by atoms with Gasteiger partial charge in [0.25, 0.3) is 0 Å². The molecule has 4 rings (SSSR count). The number of aromatic nitrogens is 3. The van der Waals surface area contributed by atoms with E-state index in [0.717, 1.165) is 54.1 Å². The fourth-order valence-corrected chi connectivity index (χ4v) is 3.71. The molecule has 4 aromatic rings. The second-order valence-electron chi connectivity index (χ2n) is 7.06. The molecule has 0 aliphatic rings. The molecule has 0 spiro atoms. The molecule has 4 heteroatoms. The average Bonchev–Trinajstić information content (AvgIpc) is 3.14. The Bertz CT molecular complexity index is 1050. The van der Waals surface area contributed by atoms with Gasteiger partial charge >= 0.3 is 0 Å². The van der Waals surface area contributed by atoms with Gasteiger partial charge in [-0.3, -0.25) is 4.98 Å². The second kappa shape index (κ2) is 8.82. The van der Waals surface area contributed by atoms with Crippen molar-refractivity contribution in [3.8, 4) is 22.5 Å². The van der Waals surface area contributed by atoms with Gasteiger partial charge in [-0.15, -0.1) is 0 Å². The third-order valence-electron chi connectivity index (χ3n) is 5.12. The molecule has 0 aliphatic carbocycles. The largest absolute Gasteiger partial charge is 0.327 e. The SMILES string of the molecule is CCc1nc(-c2ccc(F)cc2)c(-c2ccncc2)n1CCCc1ccccc1. The van der Waals surface area contributed by atoms with Gasteiger partial charge in [0.15, 0.2) is 0 Å². The number of pyridine rings is 1. The summed E-state index contributed by atoms with van der Waals surface area (Å²) in [4.78, 5) is 9.11. The van der Waals surface area contributed by atoms with Crippen LogP contribution in [0.5, 0.6) is 0 Å². The van der Waals surface area contributed by atoms with Gasteiger partial charge in [-0.05, 0) is 54.8 Å². The van der Waals surface area contributed by atoms with Gasteiger partial charge < -0.3 is 4.57 Å². The lowest BCUT2D eigenvalue weighted by atomic mass is 10.1. The van der Waals surface area contributed by atoms with E-state index in [1.165, 1.54) is 17.7 Å². The molecule has 0 atom stereocenters. The molecule has 0 fully saturated rings. The van der Waals surface area contributed by atoms with E-state index in [4.69, 9.17) is 4.98 Å². The number of halogens is 1. The Kier molecular flexibility index (Phi) is 5.80. The lowest BCUT2D eigenvalue weighted by Crippen LogP contribution is -2.06. The van der Waals surface area contributed by atoms with Gasteiger partial charge in [0.1, 0.15) is 11.6 Å². The van der Waals surface area contributed by atoms with E-state index in [1.807, 2.05) is 18.2 Å². The fourth-order valence-electron chi connectivity index (χ4n) is 3.71. The summed E-state index contributed by atoms with van der Waals surface area (Å²) in [5.74, 6) is 0.807. The van der Waals surface area contributed by atoms with E-state index >= 15 is 0 Å². The summed E-state index contributed by atoms with van der Waals surface area (Å²) in [6.07, 6.45) is 6.48. The molecule has 0 bridgehead atoms. The van der Waals surface area contributed by atoms with Gasteiger partial charge in [-0.1, -0.05) is 37.3 Å². The highest BCUT2D eigenvalue weighted by atomic mass is 19.1. The Morgan fingerprint density at radius 1 is 0.862 bits per heavy atom. The van der Waals surface area contributed by atoms with Crippen LogP contribution in [0.3, 0.4) is 0 Å². The molecule has 146 valence electrons. The molecule has 0 saturated carbocycles.